The Morgan fingerprint density at radius 1 is 1.42 bits per heavy atom. The monoisotopic (exact) mass is 261 g/mol. The van der Waals surface area contributed by atoms with Crippen molar-refractivity contribution in [3.63, 3.8) is 0 Å². The molecule has 0 spiro atoms. The van der Waals surface area contributed by atoms with Crippen molar-refractivity contribution in [3.8, 4) is 0 Å². The number of rotatable bonds is 2. The van der Waals surface area contributed by atoms with E-state index in [1.165, 1.54) is 0 Å². The van der Waals surface area contributed by atoms with Crippen LogP contribution in [0.25, 0.3) is 11.1 Å². The molecule has 0 bridgehead atoms. The van der Waals surface area contributed by atoms with E-state index < -0.39 is 5.76 Å². The Bertz CT molecular complexity index is 673. The Morgan fingerprint density at radius 3 is 3.00 bits per heavy atom. The number of carbonyl (C=O) groups is 1. The van der Waals surface area contributed by atoms with Gasteiger partial charge in [-0.2, -0.15) is 0 Å². The van der Waals surface area contributed by atoms with Gasteiger partial charge in [0.15, 0.2) is 5.58 Å². The van der Waals surface area contributed by atoms with Crippen molar-refractivity contribution < 1.29 is 9.21 Å². The number of aromatic amines is 1. The second kappa shape index (κ2) is 4.55. The van der Waals surface area contributed by atoms with E-state index in [9.17, 15) is 9.59 Å². The minimum Gasteiger partial charge on any atom is -0.408 e. The third-order valence-electron chi connectivity index (χ3n) is 3.49. The molecule has 3 rings (SSSR count). The first-order valence-corrected chi connectivity index (χ1v) is 6.31. The van der Waals surface area contributed by atoms with Gasteiger partial charge in [-0.05, 0) is 37.5 Å². The van der Waals surface area contributed by atoms with E-state index >= 15 is 0 Å². The molecule has 1 aliphatic rings. The molecular formula is C13H15N3O3. The summed E-state index contributed by atoms with van der Waals surface area (Å²) in [6.07, 6.45) is 2.66. The Balaban J connectivity index is 1.79. The van der Waals surface area contributed by atoms with Crippen molar-refractivity contribution in [2.75, 3.05) is 0 Å². The molecule has 1 aliphatic carbocycles. The van der Waals surface area contributed by atoms with Gasteiger partial charge < -0.3 is 15.5 Å². The summed E-state index contributed by atoms with van der Waals surface area (Å²) in [6, 6.07) is 5.21. The van der Waals surface area contributed by atoms with Gasteiger partial charge in [0.2, 0.25) is 0 Å². The van der Waals surface area contributed by atoms with Gasteiger partial charge in [0.25, 0.3) is 5.91 Å². The number of nitrogens with two attached hydrogens (primary N) is 1. The first kappa shape index (κ1) is 12.0. The number of oxazole rings is 1. The van der Waals surface area contributed by atoms with Crippen LogP contribution in [0.4, 0.5) is 0 Å². The third kappa shape index (κ3) is 2.39. The number of nitrogens with one attached hydrogen (secondary N) is 2. The topological polar surface area (TPSA) is 101 Å². The van der Waals surface area contributed by atoms with E-state index in [0.29, 0.717) is 16.7 Å². The molecule has 0 aliphatic heterocycles. The van der Waals surface area contributed by atoms with Crippen molar-refractivity contribution in [3.05, 3.63) is 34.3 Å². The van der Waals surface area contributed by atoms with Gasteiger partial charge in [-0.15, -0.1) is 0 Å². The van der Waals surface area contributed by atoms with Crippen LogP contribution in [-0.4, -0.2) is 23.0 Å². The van der Waals surface area contributed by atoms with Crippen LogP contribution in [0.5, 0.6) is 0 Å². The van der Waals surface area contributed by atoms with Crippen LogP contribution >= 0.6 is 0 Å². The fourth-order valence-electron chi connectivity index (χ4n) is 2.50. The van der Waals surface area contributed by atoms with Gasteiger partial charge >= 0.3 is 5.76 Å². The highest BCUT2D eigenvalue weighted by molar-refractivity contribution is 5.97. The number of fused-ring (bicyclic) bond motifs is 1. The van der Waals surface area contributed by atoms with Crippen LogP contribution in [0.1, 0.15) is 29.6 Å². The quantitative estimate of drug-likeness (QED) is 0.741. The van der Waals surface area contributed by atoms with E-state index in [1.807, 2.05) is 0 Å². The van der Waals surface area contributed by atoms with E-state index in [2.05, 4.69) is 10.3 Å². The van der Waals surface area contributed by atoms with Crippen LogP contribution in [0.15, 0.2) is 27.4 Å². The Morgan fingerprint density at radius 2 is 2.26 bits per heavy atom. The summed E-state index contributed by atoms with van der Waals surface area (Å²) in [7, 11) is 0. The van der Waals surface area contributed by atoms with E-state index in [-0.39, 0.29) is 18.0 Å². The predicted octanol–water partition coefficient (Wildman–Crippen LogP) is 0.731. The number of aromatic nitrogens is 1. The molecular weight excluding hydrogens is 246 g/mol. The molecule has 0 radical (unpaired) electrons. The summed E-state index contributed by atoms with van der Waals surface area (Å²) >= 11 is 0. The molecule has 6 heteroatoms. The molecule has 1 amide bonds. The highest BCUT2D eigenvalue weighted by Crippen LogP contribution is 2.18. The normalized spacial score (nSPS) is 22.8. The average molecular weight is 261 g/mol. The zero-order valence-electron chi connectivity index (χ0n) is 10.3. The summed E-state index contributed by atoms with van der Waals surface area (Å²) < 4.78 is 4.93. The van der Waals surface area contributed by atoms with Gasteiger partial charge in [-0.1, -0.05) is 0 Å². The largest absolute Gasteiger partial charge is 0.417 e. The molecule has 1 aromatic carbocycles. The summed E-state index contributed by atoms with van der Waals surface area (Å²) in [4.78, 5) is 25.7. The van der Waals surface area contributed by atoms with Crippen LogP contribution in [0.3, 0.4) is 0 Å². The van der Waals surface area contributed by atoms with Crippen molar-refractivity contribution in [1.29, 1.82) is 0 Å². The lowest BCUT2D eigenvalue weighted by Gasteiger charge is -2.12. The number of hydrogen-bond acceptors (Lipinski definition) is 4. The molecule has 0 saturated heterocycles. The molecule has 2 aromatic rings. The first-order valence-electron chi connectivity index (χ1n) is 6.31. The van der Waals surface area contributed by atoms with Crippen molar-refractivity contribution in [2.45, 2.75) is 31.3 Å². The van der Waals surface area contributed by atoms with Gasteiger partial charge in [0, 0.05) is 17.6 Å². The number of carbonyl (C=O) groups excluding carboxylic acids is 1. The van der Waals surface area contributed by atoms with Crippen molar-refractivity contribution >= 4 is 17.0 Å². The molecule has 4 N–H and O–H groups in total. The zero-order valence-corrected chi connectivity index (χ0v) is 10.3. The molecule has 1 saturated carbocycles. The van der Waals surface area contributed by atoms with Crippen LogP contribution in [-0.2, 0) is 0 Å². The number of hydrogen-bond donors (Lipinski definition) is 3. The fourth-order valence-corrected chi connectivity index (χ4v) is 2.50. The summed E-state index contributed by atoms with van der Waals surface area (Å²) in [5.41, 5.74) is 7.27. The van der Waals surface area contributed by atoms with Gasteiger partial charge in [-0.3, -0.25) is 9.78 Å². The van der Waals surface area contributed by atoms with E-state index in [0.717, 1.165) is 19.3 Å². The lowest BCUT2D eigenvalue weighted by atomic mass is 10.1. The standard InChI is InChI=1S/C13H15N3O3/c14-8-2-3-9(6-8)15-12(17)7-1-4-10-11(5-7)19-13(18)16-10/h1,4-5,8-9H,2-3,6,14H2,(H,15,17)(H,16,18). The fraction of sp³-hybridized carbons (Fsp3) is 0.385. The molecule has 100 valence electrons. The lowest BCUT2D eigenvalue weighted by Crippen LogP contribution is -2.33. The highest BCUT2D eigenvalue weighted by Gasteiger charge is 2.23. The SMILES string of the molecule is NC1CCC(NC(=O)c2ccc3[nH]c(=O)oc3c2)C1. The van der Waals surface area contributed by atoms with Crippen molar-refractivity contribution in [1.82, 2.24) is 10.3 Å². The zero-order chi connectivity index (χ0) is 13.4. The molecule has 2 unspecified atom stereocenters. The van der Waals surface area contributed by atoms with Crippen molar-refractivity contribution in [2.24, 2.45) is 5.73 Å². The minimum absolute atomic E-state index is 0.136. The lowest BCUT2D eigenvalue weighted by molar-refractivity contribution is 0.0937. The number of amides is 1. The van der Waals surface area contributed by atoms with Gasteiger partial charge in [0.1, 0.15) is 0 Å². The maximum Gasteiger partial charge on any atom is 0.417 e. The number of H-pyrrole nitrogens is 1. The Kier molecular flexibility index (Phi) is 2.87. The summed E-state index contributed by atoms with van der Waals surface area (Å²) in [5, 5.41) is 2.95. The molecule has 19 heavy (non-hydrogen) atoms. The predicted molar refractivity (Wildman–Crippen MR) is 69.9 cm³/mol. The second-order valence-electron chi connectivity index (χ2n) is 4.97. The molecule has 1 fully saturated rings. The maximum absolute atomic E-state index is 12.1. The molecule has 1 aromatic heterocycles. The van der Waals surface area contributed by atoms with Gasteiger partial charge in [-0.25, -0.2) is 4.79 Å². The smallest absolute Gasteiger partial charge is 0.408 e. The van der Waals surface area contributed by atoms with E-state index in [1.54, 1.807) is 18.2 Å². The van der Waals surface area contributed by atoms with Crippen LogP contribution in [0, 0.1) is 0 Å². The van der Waals surface area contributed by atoms with Crippen LogP contribution in [0.2, 0.25) is 0 Å². The Labute approximate surface area is 109 Å². The molecule has 6 nitrogen and oxygen atoms in total. The van der Waals surface area contributed by atoms with E-state index in [4.69, 9.17) is 10.2 Å². The third-order valence-corrected chi connectivity index (χ3v) is 3.49. The number of benzene rings is 1. The van der Waals surface area contributed by atoms with Crippen LogP contribution < -0.4 is 16.8 Å². The minimum atomic E-state index is -0.519. The molecule has 2 atom stereocenters. The second-order valence-corrected chi connectivity index (χ2v) is 4.97. The van der Waals surface area contributed by atoms with Gasteiger partial charge in [0.05, 0.1) is 5.52 Å². The first-order chi connectivity index (χ1) is 9.11. The summed E-state index contributed by atoms with van der Waals surface area (Å²) in [6.45, 7) is 0. The highest BCUT2D eigenvalue weighted by atomic mass is 16.4. The maximum atomic E-state index is 12.1. The Hall–Kier alpha value is -2.08. The summed E-state index contributed by atoms with van der Waals surface area (Å²) in [5.74, 6) is -0.681. The molecule has 1 heterocycles. The average Bonchev–Trinajstić information content (AvgIpc) is 2.93.